The molecular weight excluding hydrogens is 574 g/mol. The molecule has 4 atom stereocenters. The van der Waals surface area contributed by atoms with Crippen LogP contribution in [-0.2, 0) is 4.79 Å². The highest BCUT2D eigenvalue weighted by molar-refractivity contribution is 6.12. The molecule has 5 heterocycles. The number of fused-ring (bicyclic) bond motifs is 1. The van der Waals surface area contributed by atoms with Gasteiger partial charge in [0.1, 0.15) is 18.6 Å². The summed E-state index contributed by atoms with van der Waals surface area (Å²) in [4.78, 5) is 51.2. The van der Waals surface area contributed by atoms with Gasteiger partial charge in [-0.2, -0.15) is 0 Å². The van der Waals surface area contributed by atoms with E-state index in [1.165, 1.54) is 15.9 Å². The molecule has 2 saturated heterocycles. The number of para-hydroxylation sites is 2. The zero-order chi connectivity index (χ0) is 31.2. The van der Waals surface area contributed by atoms with Crippen LogP contribution in [0, 0.1) is 0 Å². The number of nitrogens with zero attached hydrogens (tertiary/aromatic N) is 4. The summed E-state index contributed by atoms with van der Waals surface area (Å²) in [6.45, 7) is 2.86. The van der Waals surface area contributed by atoms with Gasteiger partial charge in [0.15, 0.2) is 23.5 Å². The minimum Gasteiger partial charge on any atom is -0.449 e. The SMILES string of the molecule is CC1(C)Oc2cccc(C(=O)NC3CN4C(N)=N[C@@H](CN5C(=O)CN(c6ccccc6)C5=O)[C@@H]5[NH+]=C(N)N[C@@]54C3(O)O)c2O1. The summed E-state index contributed by atoms with van der Waals surface area (Å²) in [6, 6.07) is 9.82. The maximum atomic E-state index is 13.5. The first-order chi connectivity index (χ1) is 20.8. The first-order valence-electron chi connectivity index (χ1n) is 14.0. The van der Waals surface area contributed by atoms with Gasteiger partial charge in [-0.15, -0.1) is 0 Å². The Morgan fingerprint density at radius 2 is 1.89 bits per heavy atom. The summed E-state index contributed by atoms with van der Waals surface area (Å²) < 4.78 is 11.6. The molecule has 16 heteroatoms. The molecule has 0 aromatic heterocycles. The standard InChI is InChI=1S/C28H31N9O7/c1-26(2)43-17-10-6-9-15(20(17)44-26)22(39)32-18-12-37-24(30)31-16(21-27(37,28(18,41)42)34-23(29)33-21)11-36-19(38)13-35(25(36)40)14-7-4-3-5-8-14/h3-10,16,18,21,41-42H,11-13H2,1-2H3,(H2,30,31)(H,32,39)(H3,29,33,34)/p+1/t16-,18?,21-,27-/m0/s1. The Hall–Kier alpha value is -5.09. The number of urea groups is 1. The van der Waals surface area contributed by atoms with Crippen LogP contribution in [-0.4, -0.2) is 105 Å². The molecule has 1 unspecified atom stereocenters. The average molecular weight is 607 g/mol. The summed E-state index contributed by atoms with van der Waals surface area (Å²) >= 11 is 0. The van der Waals surface area contributed by atoms with Gasteiger partial charge < -0.3 is 30.7 Å². The number of carbonyl (C=O) groups excluding carboxylic acids is 3. The van der Waals surface area contributed by atoms with Gasteiger partial charge >= 0.3 is 12.0 Å². The van der Waals surface area contributed by atoms with Crippen LogP contribution in [0.5, 0.6) is 11.5 Å². The number of ether oxygens (including phenoxy) is 2. The van der Waals surface area contributed by atoms with Crippen molar-refractivity contribution in [2.45, 2.75) is 49.2 Å². The van der Waals surface area contributed by atoms with Gasteiger partial charge in [-0.3, -0.25) is 35.0 Å². The van der Waals surface area contributed by atoms with Crippen LogP contribution in [0.2, 0.25) is 0 Å². The van der Waals surface area contributed by atoms with Gasteiger partial charge in [0.05, 0.1) is 18.7 Å². The fourth-order valence-corrected chi connectivity index (χ4v) is 6.69. The van der Waals surface area contributed by atoms with Gasteiger partial charge in [0.25, 0.3) is 17.5 Å². The van der Waals surface area contributed by atoms with E-state index in [4.69, 9.17) is 20.9 Å². The third-order valence-electron chi connectivity index (χ3n) is 8.61. The molecular formula is C28H32N9O7+. The third-order valence-corrected chi connectivity index (χ3v) is 8.61. The highest BCUT2D eigenvalue weighted by Crippen LogP contribution is 2.44. The van der Waals surface area contributed by atoms with Gasteiger partial charge in [0.2, 0.25) is 11.6 Å². The molecule has 0 bridgehead atoms. The van der Waals surface area contributed by atoms with Gasteiger partial charge in [-0.1, -0.05) is 24.3 Å². The minimum atomic E-state index is -2.69. The van der Waals surface area contributed by atoms with Crippen molar-refractivity contribution in [2.75, 3.05) is 24.5 Å². The van der Waals surface area contributed by atoms with E-state index in [0.717, 1.165) is 4.90 Å². The number of benzene rings is 2. The molecule has 0 saturated carbocycles. The lowest BCUT2D eigenvalue weighted by molar-refractivity contribution is -0.521. The molecule has 2 aromatic carbocycles. The maximum absolute atomic E-state index is 13.5. The first-order valence-corrected chi connectivity index (χ1v) is 14.0. The summed E-state index contributed by atoms with van der Waals surface area (Å²) in [6.07, 6.45) is 0. The van der Waals surface area contributed by atoms with Crippen molar-refractivity contribution in [1.29, 1.82) is 0 Å². The Balaban J connectivity index is 1.16. The van der Waals surface area contributed by atoms with Crippen molar-refractivity contribution in [3.05, 3.63) is 54.1 Å². The summed E-state index contributed by atoms with van der Waals surface area (Å²) in [5.41, 5.74) is 11.4. The highest BCUT2D eigenvalue weighted by atomic mass is 16.7. The molecule has 2 aromatic rings. The molecule has 9 N–H and O–H groups in total. The quantitative estimate of drug-likeness (QED) is 0.131. The van der Waals surface area contributed by atoms with Crippen LogP contribution in [0.25, 0.3) is 0 Å². The number of hydrogen-bond acceptors (Lipinski definition) is 12. The van der Waals surface area contributed by atoms with Crippen molar-refractivity contribution in [2.24, 2.45) is 16.5 Å². The fourth-order valence-electron chi connectivity index (χ4n) is 6.69. The summed E-state index contributed by atoms with van der Waals surface area (Å²) in [5, 5.41) is 29.2. The normalized spacial score (nSPS) is 29.2. The molecule has 7 rings (SSSR count). The molecule has 44 heavy (non-hydrogen) atoms. The number of amides is 4. The number of nitrogens with one attached hydrogen (secondary N) is 3. The second-order valence-corrected chi connectivity index (χ2v) is 11.8. The van der Waals surface area contributed by atoms with E-state index in [-0.39, 0.29) is 42.9 Å². The van der Waals surface area contributed by atoms with E-state index in [9.17, 15) is 24.6 Å². The first kappa shape index (κ1) is 27.7. The highest BCUT2D eigenvalue weighted by Gasteiger charge is 2.76. The second kappa shape index (κ2) is 9.20. The third kappa shape index (κ3) is 3.87. The number of guanidine groups is 2. The Labute approximate surface area is 250 Å². The monoisotopic (exact) mass is 606 g/mol. The zero-order valence-electron chi connectivity index (χ0n) is 23.9. The molecule has 0 radical (unpaired) electrons. The van der Waals surface area contributed by atoms with E-state index in [0.29, 0.717) is 11.4 Å². The maximum Gasteiger partial charge on any atom is 0.343 e. The Morgan fingerprint density at radius 3 is 2.64 bits per heavy atom. The Kier molecular flexibility index (Phi) is 5.80. The Bertz CT molecular complexity index is 1640. The predicted octanol–water partition coefficient (Wildman–Crippen LogP) is -3.48. The Morgan fingerprint density at radius 1 is 1.14 bits per heavy atom. The lowest BCUT2D eigenvalue weighted by Crippen LogP contribution is -2.90. The van der Waals surface area contributed by atoms with E-state index in [2.05, 4.69) is 20.6 Å². The number of nitrogens with two attached hydrogens (primary N) is 2. The molecule has 2 fully saturated rings. The average Bonchev–Trinajstić information content (AvgIpc) is 3.65. The number of rotatable bonds is 5. The van der Waals surface area contributed by atoms with Gasteiger partial charge in [-0.05, 0) is 24.3 Å². The molecule has 16 nitrogen and oxygen atoms in total. The largest absolute Gasteiger partial charge is 0.449 e. The summed E-state index contributed by atoms with van der Waals surface area (Å²) in [7, 11) is 0. The van der Waals surface area contributed by atoms with Crippen molar-refractivity contribution in [3.8, 4) is 11.5 Å². The van der Waals surface area contributed by atoms with Crippen LogP contribution in [0.15, 0.2) is 53.5 Å². The number of imide groups is 1. The number of anilines is 1. The van der Waals surface area contributed by atoms with Crippen molar-refractivity contribution in [3.63, 3.8) is 0 Å². The second-order valence-electron chi connectivity index (χ2n) is 11.8. The van der Waals surface area contributed by atoms with Crippen LogP contribution >= 0.6 is 0 Å². The van der Waals surface area contributed by atoms with Crippen LogP contribution in [0.1, 0.15) is 24.2 Å². The number of aliphatic hydroxyl groups is 2. The summed E-state index contributed by atoms with van der Waals surface area (Å²) in [5.74, 6) is -4.27. The van der Waals surface area contributed by atoms with E-state index >= 15 is 0 Å². The minimum absolute atomic E-state index is 0.00648. The van der Waals surface area contributed by atoms with Gasteiger partial charge in [0, 0.05) is 19.5 Å². The van der Waals surface area contributed by atoms with Crippen molar-refractivity contribution >= 4 is 35.5 Å². The number of aliphatic imine (C=N–C) groups is 1. The molecule has 5 aliphatic heterocycles. The van der Waals surface area contributed by atoms with Crippen LogP contribution in [0.4, 0.5) is 10.5 Å². The number of hydrogen-bond donors (Lipinski definition) is 7. The zero-order valence-corrected chi connectivity index (χ0v) is 23.9. The van der Waals surface area contributed by atoms with Crippen molar-refractivity contribution in [1.82, 2.24) is 20.4 Å². The van der Waals surface area contributed by atoms with Crippen LogP contribution in [0.3, 0.4) is 0 Å². The molecule has 0 aliphatic carbocycles. The fraction of sp³-hybridized carbons (Fsp3) is 0.393. The van der Waals surface area contributed by atoms with Crippen LogP contribution < -0.4 is 41.5 Å². The predicted molar refractivity (Wildman–Crippen MR) is 153 cm³/mol. The number of carbonyl (C=O) groups is 3. The lowest BCUT2D eigenvalue weighted by atomic mass is 9.84. The molecule has 4 amide bonds. The van der Waals surface area contributed by atoms with Crippen molar-refractivity contribution < 1.29 is 39.1 Å². The van der Waals surface area contributed by atoms with Gasteiger partial charge in [-0.25, -0.2) is 15.1 Å². The molecule has 1 spiro atoms. The lowest BCUT2D eigenvalue weighted by Gasteiger charge is -2.46. The van der Waals surface area contributed by atoms with E-state index < -0.39 is 53.2 Å². The molecule has 230 valence electrons. The smallest absolute Gasteiger partial charge is 0.343 e. The van der Waals surface area contributed by atoms with E-state index in [1.54, 1.807) is 56.3 Å². The topological polar surface area (TPSA) is 222 Å². The van der Waals surface area contributed by atoms with E-state index in [1.807, 2.05) is 0 Å². The molecule has 5 aliphatic rings.